The fraction of sp³-hybridized carbons (Fsp3) is 0.429. The van der Waals surface area contributed by atoms with E-state index in [2.05, 4.69) is 5.32 Å². The summed E-state index contributed by atoms with van der Waals surface area (Å²) in [6.45, 7) is 0. The predicted octanol–water partition coefficient (Wildman–Crippen LogP) is 0.768. The fourth-order valence-corrected chi connectivity index (χ4v) is 1.10. The number of nitrogens with zero attached hydrogens (tertiary/aromatic N) is 1. The van der Waals surface area contributed by atoms with Gasteiger partial charge in [0.05, 0.1) is 0 Å². The first-order valence-electron chi connectivity index (χ1n) is 3.63. The Bertz CT molecular complexity index is 231. The summed E-state index contributed by atoms with van der Waals surface area (Å²) < 4.78 is 0. The van der Waals surface area contributed by atoms with Gasteiger partial charge in [-0.25, -0.2) is 0 Å². The van der Waals surface area contributed by atoms with E-state index in [0.717, 1.165) is 12.8 Å². The van der Waals surface area contributed by atoms with E-state index >= 15 is 0 Å². The molecular formula is C7H10N2O2. The first-order valence-corrected chi connectivity index (χ1v) is 3.63. The van der Waals surface area contributed by atoms with Gasteiger partial charge in [-0.3, -0.25) is 0 Å². The van der Waals surface area contributed by atoms with E-state index in [1.54, 1.807) is 17.3 Å². The predicted molar refractivity (Wildman–Crippen MR) is 39.4 cm³/mol. The molecule has 60 valence electrons. The lowest BCUT2D eigenvalue weighted by molar-refractivity contribution is 0.193. The second-order valence-electron chi connectivity index (χ2n) is 2.77. The van der Waals surface area contributed by atoms with Gasteiger partial charge in [0.1, 0.15) is 0 Å². The van der Waals surface area contributed by atoms with Crippen LogP contribution in [-0.4, -0.2) is 21.2 Å². The van der Waals surface area contributed by atoms with Gasteiger partial charge in [0, 0.05) is 18.4 Å². The Hall–Kier alpha value is -1.32. The molecule has 2 rings (SSSR count). The first kappa shape index (κ1) is 6.39. The van der Waals surface area contributed by atoms with Crippen LogP contribution in [-0.2, 0) is 0 Å². The quantitative estimate of drug-likeness (QED) is 0.522. The number of hydrogen-bond donors (Lipinski definition) is 3. The van der Waals surface area contributed by atoms with Gasteiger partial charge in [-0.05, 0) is 12.8 Å². The minimum atomic E-state index is -0.167. The molecule has 0 unspecified atom stereocenters. The SMILES string of the molecule is OC1=C(O)N(C2CC2)C=CN1. The van der Waals surface area contributed by atoms with Crippen molar-refractivity contribution >= 4 is 0 Å². The van der Waals surface area contributed by atoms with E-state index < -0.39 is 0 Å². The summed E-state index contributed by atoms with van der Waals surface area (Å²) in [4.78, 5) is 1.67. The van der Waals surface area contributed by atoms with Crippen molar-refractivity contribution in [3.63, 3.8) is 0 Å². The van der Waals surface area contributed by atoms with Crippen molar-refractivity contribution in [1.29, 1.82) is 0 Å². The van der Waals surface area contributed by atoms with Crippen LogP contribution in [0.15, 0.2) is 24.2 Å². The van der Waals surface area contributed by atoms with E-state index in [1.807, 2.05) is 0 Å². The van der Waals surface area contributed by atoms with Crippen LogP contribution >= 0.6 is 0 Å². The summed E-state index contributed by atoms with van der Waals surface area (Å²) in [6, 6.07) is 0.385. The van der Waals surface area contributed by atoms with E-state index in [0.29, 0.717) is 6.04 Å². The molecule has 1 aliphatic carbocycles. The van der Waals surface area contributed by atoms with Gasteiger partial charge in [-0.2, -0.15) is 0 Å². The topological polar surface area (TPSA) is 55.7 Å². The van der Waals surface area contributed by atoms with Crippen LogP contribution in [0.3, 0.4) is 0 Å². The molecule has 11 heavy (non-hydrogen) atoms. The molecule has 0 bridgehead atoms. The number of rotatable bonds is 1. The third kappa shape index (κ3) is 1.00. The van der Waals surface area contributed by atoms with Crippen molar-refractivity contribution in [3.8, 4) is 0 Å². The van der Waals surface area contributed by atoms with E-state index in [-0.39, 0.29) is 11.8 Å². The number of aliphatic hydroxyl groups is 2. The van der Waals surface area contributed by atoms with Crippen LogP contribution in [0, 0.1) is 0 Å². The van der Waals surface area contributed by atoms with Crippen LogP contribution in [0.4, 0.5) is 0 Å². The second kappa shape index (κ2) is 2.08. The molecular weight excluding hydrogens is 144 g/mol. The van der Waals surface area contributed by atoms with Gasteiger partial charge >= 0.3 is 0 Å². The molecule has 0 atom stereocenters. The van der Waals surface area contributed by atoms with Crippen molar-refractivity contribution in [2.75, 3.05) is 0 Å². The molecule has 0 saturated heterocycles. The molecule has 0 aromatic heterocycles. The van der Waals surface area contributed by atoms with Gasteiger partial charge in [-0.15, -0.1) is 0 Å². The molecule has 4 heteroatoms. The highest BCUT2D eigenvalue weighted by Crippen LogP contribution is 2.30. The van der Waals surface area contributed by atoms with E-state index in [4.69, 9.17) is 5.11 Å². The van der Waals surface area contributed by atoms with Crippen LogP contribution in [0.1, 0.15) is 12.8 Å². The smallest absolute Gasteiger partial charge is 0.253 e. The molecule has 1 saturated carbocycles. The lowest BCUT2D eigenvalue weighted by Gasteiger charge is -2.22. The van der Waals surface area contributed by atoms with Crippen molar-refractivity contribution < 1.29 is 10.2 Å². The standard InChI is InChI=1S/C7H10N2O2/c10-6-7(11)9(4-3-8-6)5-1-2-5/h3-5,8,10-11H,1-2H2. The Kier molecular flexibility index (Phi) is 1.21. The summed E-state index contributed by atoms with van der Waals surface area (Å²) in [5.74, 6) is -0.241. The number of hydrogen-bond acceptors (Lipinski definition) is 4. The van der Waals surface area contributed by atoms with Gasteiger partial charge in [0.15, 0.2) is 0 Å². The average molecular weight is 154 g/mol. The third-order valence-corrected chi connectivity index (χ3v) is 1.85. The zero-order valence-corrected chi connectivity index (χ0v) is 5.99. The molecule has 0 amide bonds. The van der Waals surface area contributed by atoms with Crippen molar-refractivity contribution in [3.05, 3.63) is 24.2 Å². The molecule has 2 aliphatic rings. The largest absolute Gasteiger partial charge is 0.491 e. The van der Waals surface area contributed by atoms with Crippen molar-refractivity contribution in [1.82, 2.24) is 10.2 Å². The summed E-state index contributed by atoms with van der Waals surface area (Å²) in [6.07, 6.45) is 5.50. The maximum Gasteiger partial charge on any atom is 0.253 e. The van der Waals surface area contributed by atoms with Crippen molar-refractivity contribution in [2.24, 2.45) is 0 Å². The summed E-state index contributed by atoms with van der Waals surface area (Å²) in [7, 11) is 0. The number of aliphatic hydroxyl groups excluding tert-OH is 2. The van der Waals surface area contributed by atoms with Crippen LogP contribution in [0.25, 0.3) is 0 Å². The number of nitrogens with one attached hydrogen (secondary N) is 1. The van der Waals surface area contributed by atoms with E-state index in [9.17, 15) is 5.11 Å². The Morgan fingerprint density at radius 1 is 1.45 bits per heavy atom. The fourth-order valence-electron chi connectivity index (χ4n) is 1.10. The molecule has 1 aliphatic heterocycles. The lowest BCUT2D eigenvalue weighted by Crippen LogP contribution is -2.28. The second-order valence-corrected chi connectivity index (χ2v) is 2.77. The molecule has 1 heterocycles. The van der Waals surface area contributed by atoms with Gasteiger partial charge < -0.3 is 20.4 Å². The maximum absolute atomic E-state index is 9.29. The van der Waals surface area contributed by atoms with Gasteiger partial charge in [0.25, 0.3) is 11.8 Å². The molecule has 0 radical (unpaired) electrons. The highest BCUT2D eigenvalue weighted by molar-refractivity contribution is 5.12. The Labute approximate surface area is 64.4 Å². The van der Waals surface area contributed by atoms with Gasteiger partial charge in [-0.1, -0.05) is 0 Å². The average Bonchev–Trinajstić information content (AvgIpc) is 2.77. The highest BCUT2D eigenvalue weighted by Gasteiger charge is 2.31. The van der Waals surface area contributed by atoms with E-state index in [1.165, 1.54) is 0 Å². The zero-order chi connectivity index (χ0) is 7.84. The van der Waals surface area contributed by atoms with Crippen molar-refractivity contribution in [2.45, 2.75) is 18.9 Å². The minimum Gasteiger partial charge on any atom is -0.491 e. The minimum absolute atomic E-state index is 0.0741. The molecule has 0 spiro atoms. The monoisotopic (exact) mass is 154 g/mol. The molecule has 3 N–H and O–H groups in total. The van der Waals surface area contributed by atoms with Crippen LogP contribution in [0.2, 0.25) is 0 Å². The Morgan fingerprint density at radius 3 is 2.82 bits per heavy atom. The van der Waals surface area contributed by atoms with Gasteiger partial charge in [0.2, 0.25) is 0 Å². The molecule has 4 nitrogen and oxygen atoms in total. The molecule has 1 fully saturated rings. The normalized spacial score (nSPS) is 23.8. The summed E-state index contributed by atoms with van der Waals surface area (Å²) in [5.41, 5.74) is 0. The zero-order valence-electron chi connectivity index (χ0n) is 5.99. The summed E-state index contributed by atoms with van der Waals surface area (Å²) >= 11 is 0. The summed E-state index contributed by atoms with van der Waals surface area (Å²) in [5, 5.41) is 20.8. The maximum atomic E-state index is 9.29. The van der Waals surface area contributed by atoms with Crippen LogP contribution in [0.5, 0.6) is 0 Å². The third-order valence-electron chi connectivity index (χ3n) is 1.85. The molecule has 0 aromatic carbocycles. The Morgan fingerprint density at radius 2 is 2.18 bits per heavy atom. The lowest BCUT2D eigenvalue weighted by atomic mass is 10.5. The molecule has 0 aromatic rings. The highest BCUT2D eigenvalue weighted by atomic mass is 16.3. The first-order chi connectivity index (χ1) is 5.29. The Balaban J connectivity index is 2.18. The van der Waals surface area contributed by atoms with Crippen LogP contribution < -0.4 is 5.32 Å².